The van der Waals surface area contributed by atoms with Gasteiger partial charge in [-0.1, -0.05) is 35.6 Å². The van der Waals surface area contributed by atoms with Gasteiger partial charge in [0.1, 0.15) is 5.01 Å². The molecule has 9 heteroatoms. The molecule has 0 radical (unpaired) electrons. The lowest BCUT2D eigenvalue weighted by Gasteiger charge is -2.09. The van der Waals surface area contributed by atoms with Crippen LogP contribution >= 0.6 is 11.3 Å². The summed E-state index contributed by atoms with van der Waals surface area (Å²) in [6.07, 6.45) is 1.82. The third-order valence-electron chi connectivity index (χ3n) is 4.39. The van der Waals surface area contributed by atoms with Gasteiger partial charge in [0.2, 0.25) is 5.13 Å². The second kappa shape index (κ2) is 8.34. The van der Waals surface area contributed by atoms with Gasteiger partial charge in [0, 0.05) is 11.8 Å². The number of methoxy groups -OCH3 is 2. The van der Waals surface area contributed by atoms with Gasteiger partial charge in [0.25, 0.3) is 5.91 Å². The van der Waals surface area contributed by atoms with E-state index in [2.05, 4.69) is 20.6 Å². The van der Waals surface area contributed by atoms with Crippen LogP contribution in [0.2, 0.25) is 0 Å². The Kier molecular flexibility index (Phi) is 5.44. The fourth-order valence-corrected chi connectivity index (χ4v) is 3.56. The Morgan fingerprint density at radius 1 is 1.03 bits per heavy atom. The minimum absolute atomic E-state index is 0.263. The number of hydrogen-bond acceptors (Lipinski definition) is 7. The summed E-state index contributed by atoms with van der Waals surface area (Å²) >= 11 is 1.30. The summed E-state index contributed by atoms with van der Waals surface area (Å²) in [5.41, 5.74) is 2.52. The number of carbonyl (C=O) groups excluding carboxylic acids is 1. The molecule has 0 aliphatic heterocycles. The highest BCUT2D eigenvalue weighted by Gasteiger charge is 2.21. The standard InChI is InChI=1S/C21H19N5O3S/c1-13-23-24-21(30-13)22-20(27)19-16(12-26(25-19)15-7-5-4-6-8-15)14-9-10-17(28-2)18(11-14)29-3/h4-12H,1-3H3,(H,22,24,27). The van der Waals surface area contributed by atoms with Crippen LogP contribution < -0.4 is 14.8 Å². The first-order valence-electron chi connectivity index (χ1n) is 9.08. The maximum absolute atomic E-state index is 13.0. The molecule has 1 amide bonds. The van der Waals surface area contributed by atoms with Crippen molar-refractivity contribution >= 4 is 22.4 Å². The summed E-state index contributed by atoms with van der Waals surface area (Å²) < 4.78 is 12.4. The highest BCUT2D eigenvalue weighted by atomic mass is 32.1. The van der Waals surface area contributed by atoms with Gasteiger partial charge < -0.3 is 9.47 Å². The molecular formula is C21H19N5O3S. The predicted molar refractivity (Wildman–Crippen MR) is 115 cm³/mol. The molecule has 0 saturated heterocycles. The molecule has 0 fully saturated rings. The quantitative estimate of drug-likeness (QED) is 0.507. The average molecular weight is 421 g/mol. The van der Waals surface area contributed by atoms with Crippen LogP contribution in [0.15, 0.2) is 54.7 Å². The summed E-state index contributed by atoms with van der Waals surface area (Å²) in [6.45, 7) is 1.83. The normalized spacial score (nSPS) is 10.6. The molecule has 8 nitrogen and oxygen atoms in total. The Balaban J connectivity index is 1.79. The Labute approximate surface area is 177 Å². The number of aromatic nitrogens is 4. The average Bonchev–Trinajstić information content (AvgIpc) is 3.40. The molecule has 2 aromatic carbocycles. The molecule has 0 saturated carbocycles. The SMILES string of the molecule is COc1ccc(-c2cn(-c3ccccc3)nc2C(=O)Nc2nnc(C)s2)cc1OC. The van der Waals surface area contributed by atoms with Crippen molar-refractivity contribution in [3.8, 4) is 28.3 Å². The fraction of sp³-hybridized carbons (Fsp3) is 0.143. The van der Waals surface area contributed by atoms with E-state index in [4.69, 9.17) is 9.47 Å². The van der Waals surface area contributed by atoms with E-state index in [9.17, 15) is 4.79 Å². The van der Waals surface area contributed by atoms with Crippen molar-refractivity contribution in [1.29, 1.82) is 0 Å². The number of carbonyl (C=O) groups is 1. The zero-order chi connectivity index (χ0) is 21.1. The Bertz CT molecular complexity index is 1190. The lowest BCUT2D eigenvalue weighted by atomic mass is 10.1. The molecule has 0 unspecified atom stereocenters. The minimum Gasteiger partial charge on any atom is -0.493 e. The molecule has 1 N–H and O–H groups in total. The molecule has 0 aliphatic rings. The highest BCUT2D eigenvalue weighted by molar-refractivity contribution is 7.15. The smallest absolute Gasteiger partial charge is 0.278 e. The first kappa shape index (κ1) is 19.6. The second-order valence-corrected chi connectivity index (χ2v) is 7.50. The van der Waals surface area contributed by atoms with E-state index in [-0.39, 0.29) is 11.6 Å². The van der Waals surface area contributed by atoms with Crippen LogP contribution in [-0.4, -0.2) is 40.1 Å². The number of aryl methyl sites for hydroxylation is 1. The van der Waals surface area contributed by atoms with Crippen LogP contribution in [0.1, 0.15) is 15.5 Å². The van der Waals surface area contributed by atoms with Crippen molar-refractivity contribution in [2.75, 3.05) is 19.5 Å². The Hall–Kier alpha value is -3.72. The van der Waals surface area contributed by atoms with Gasteiger partial charge in [0.15, 0.2) is 17.2 Å². The van der Waals surface area contributed by atoms with Crippen LogP contribution in [0.4, 0.5) is 5.13 Å². The summed E-state index contributed by atoms with van der Waals surface area (Å²) in [5, 5.41) is 16.4. The zero-order valence-electron chi connectivity index (χ0n) is 16.6. The lowest BCUT2D eigenvalue weighted by molar-refractivity contribution is 0.102. The van der Waals surface area contributed by atoms with Gasteiger partial charge in [-0.05, 0) is 36.8 Å². The van der Waals surface area contributed by atoms with E-state index in [0.29, 0.717) is 22.2 Å². The molecular weight excluding hydrogens is 402 g/mol. The van der Waals surface area contributed by atoms with Crippen LogP contribution in [0.25, 0.3) is 16.8 Å². The Morgan fingerprint density at radius 3 is 2.47 bits per heavy atom. The number of rotatable bonds is 6. The third-order valence-corrected chi connectivity index (χ3v) is 5.15. The van der Waals surface area contributed by atoms with Crippen molar-refractivity contribution < 1.29 is 14.3 Å². The zero-order valence-corrected chi connectivity index (χ0v) is 17.4. The fourth-order valence-electron chi connectivity index (χ4n) is 2.97. The largest absolute Gasteiger partial charge is 0.493 e. The number of benzene rings is 2. The van der Waals surface area contributed by atoms with Crippen LogP contribution in [-0.2, 0) is 0 Å². The van der Waals surface area contributed by atoms with Crippen LogP contribution in [0.3, 0.4) is 0 Å². The lowest BCUT2D eigenvalue weighted by Crippen LogP contribution is -2.14. The molecule has 4 aromatic rings. The molecule has 2 heterocycles. The van der Waals surface area contributed by atoms with Crippen LogP contribution in [0.5, 0.6) is 11.5 Å². The van der Waals surface area contributed by atoms with E-state index in [1.54, 1.807) is 25.0 Å². The molecule has 0 spiro atoms. The molecule has 152 valence electrons. The molecule has 0 bridgehead atoms. The van der Waals surface area contributed by atoms with Gasteiger partial charge in [-0.2, -0.15) is 5.10 Å². The van der Waals surface area contributed by atoms with Gasteiger partial charge in [0.05, 0.1) is 19.9 Å². The molecule has 4 rings (SSSR count). The first-order chi connectivity index (χ1) is 14.6. The predicted octanol–water partition coefficient (Wildman–Crippen LogP) is 3.97. The number of amides is 1. The number of para-hydroxylation sites is 1. The maximum Gasteiger partial charge on any atom is 0.278 e. The van der Waals surface area contributed by atoms with Gasteiger partial charge in [-0.3, -0.25) is 10.1 Å². The minimum atomic E-state index is -0.370. The third kappa shape index (κ3) is 3.87. The van der Waals surface area contributed by atoms with Crippen molar-refractivity contribution in [1.82, 2.24) is 20.0 Å². The molecule has 30 heavy (non-hydrogen) atoms. The molecule has 0 atom stereocenters. The molecule has 0 aliphatic carbocycles. The highest BCUT2D eigenvalue weighted by Crippen LogP contribution is 2.34. The van der Waals surface area contributed by atoms with E-state index >= 15 is 0 Å². The maximum atomic E-state index is 13.0. The van der Waals surface area contributed by atoms with E-state index in [1.165, 1.54) is 11.3 Å². The van der Waals surface area contributed by atoms with Crippen molar-refractivity contribution in [3.05, 3.63) is 65.4 Å². The van der Waals surface area contributed by atoms with E-state index < -0.39 is 0 Å². The van der Waals surface area contributed by atoms with Crippen molar-refractivity contribution in [2.45, 2.75) is 6.92 Å². The summed E-state index contributed by atoms with van der Waals surface area (Å²) in [5.74, 6) is 0.797. The monoisotopic (exact) mass is 421 g/mol. The van der Waals surface area contributed by atoms with Gasteiger partial charge in [-0.15, -0.1) is 10.2 Å². The number of hydrogen-bond donors (Lipinski definition) is 1. The summed E-state index contributed by atoms with van der Waals surface area (Å²) in [4.78, 5) is 13.0. The second-order valence-electron chi connectivity index (χ2n) is 6.32. The number of nitrogens with zero attached hydrogens (tertiary/aromatic N) is 4. The first-order valence-corrected chi connectivity index (χ1v) is 9.89. The van der Waals surface area contributed by atoms with E-state index in [1.807, 2.05) is 55.6 Å². The van der Waals surface area contributed by atoms with Gasteiger partial charge >= 0.3 is 0 Å². The van der Waals surface area contributed by atoms with Crippen LogP contribution in [0, 0.1) is 6.92 Å². The van der Waals surface area contributed by atoms with E-state index in [0.717, 1.165) is 16.3 Å². The van der Waals surface area contributed by atoms with Gasteiger partial charge in [-0.25, -0.2) is 4.68 Å². The summed E-state index contributed by atoms with van der Waals surface area (Å²) in [6, 6.07) is 15.1. The van der Waals surface area contributed by atoms with Crippen molar-refractivity contribution in [2.24, 2.45) is 0 Å². The Morgan fingerprint density at radius 2 is 1.80 bits per heavy atom. The number of anilines is 1. The number of nitrogens with one attached hydrogen (secondary N) is 1. The topological polar surface area (TPSA) is 91.2 Å². The van der Waals surface area contributed by atoms with Crippen molar-refractivity contribution in [3.63, 3.8) is 0 Å². The summed E-state index contributed by atoms with van der Waals surface area (Å²) in [7, 11) is 3.15. The molecule has 2 aromatic heterocycles. The number of ether oxygens (including phenoxy) is 2.